The van der Waals surface area contributed by atoms with Crippen LogP contribution in [0.5, 0.6) is 0 Å². The van der Waals surface area contributed by atoms with Crippen LogP contribution in [0.4, 0.5) is 0 Å². The Balaban J connectivity index is 1.73. The first-order valence-corrected chi connectivity index (χ1v) is 6.26. The van der Waals surface area contributed by atoms with Crippen molar-refractivity contribution in [3.63, 3.8) is 0 Å². The molecule has 2 aliphatic heterocycles. The molecule has 0 bridgehead atoms. The normalized spacial score (nSPS) is 28.4. The second-order valence-corrected chi connectivity index (χ2v) is 5.04. The molecule has 0 saturated carbocycles. The Labute approximate surface area is 106 Å². The Morgan fingerprint density at radius 3 is 2.94 bits per heavy atom. The number of carbonyl (C=O) groups excluding carboxylic acids is 1. The average Bonchev–Trinajstić information content (AvgIpc) is 2.95. The molecule has 2 saturated heterocycles. The molecule has 3 rings (SSSR count). The molecule has 0 radical (unpaired) electrons. The summed E-state index contributed by atoms with van der Waals surface area (Å²) in [6.45, 7) is 3.09. The summed E-state index contributed by atoms with van der Waals surface area (Å²) in [6.07, 6.45) is 1.94. The zero-order valence-electron chi connectivity index (χ0n) is 10.7. The minimum absolute atomic E-state index is 0.00185. The third-order valence-corrected chi connectivity index (χ3v) is 3.80. The Kier molecular flexibility index (Phi) is 2.83. The summed E-state index contributed by atoms with van der Waals surface area (Å²) in [5.74, 6) is 0.00185. The molecule has 1 amide bonds. The number of hydrogen-bond donors (Lipinski definition) is 0. The quantitative estimate of drug-likeness (QED) is 0.679. The zero-order chi connectivity index (χ0) is 12.7. The standard InChI is InChI=1S/C12H18N4O2/c1-14-5-6-18-11-8-16(7-10(11)14)12(17)9-3-4-15(2)13-9/h3-4,10-11H,5-8H2,1-2H3/t10-,11+/m1/s1. The number of fused-ring (bicyclic) bond motifs is 1. The maximum Gasteiger partial charge on any atom is 0.274 e. The highest BCUT2D eigenvalue weighted by Gasteiger charge is 2.40. The Morgan fingerprint density at radius 2 is 2.28 bits per heavy atom. The van der Waals surface area contributed by atoms with Crippen molar-refractivity contribution in [2.45, 2.75) is 12.1 Å². The van der Waals surface area contributed by atoms with Crippen molar-refractivity contribution in [3.8, 4) is 0 Å². The van der Waals surface area contributed by atoms with Crippen LogP contribution >= 0.6 is 0 Å². The lowest BCUT2D eigenvalue weighted by atomic mass is 10.1. The van der Waals surface area contributed by atoms with Gasteiger partial charge in [0, 0.05) is 32.9 Å². The van der Waals surface area contributed by atoms with Crippen molar-refractivity contribution >= 4 is 5.91 Å². The van der Waals surface area contributed by atoms with Gasteiger partial charge in [-0.1, -0.05) is 0 Å². The number of likely N-dealkylation sites (tertiary alicyclic amines) is 1. The summed E-state index contributed by atoms with van der Waals surface area (Å²) in [7, 11) is 3.91. The third-order valence-electron chi connectivity index (χ3n) is 3.80. The molecule has 0 unspecified atom stereocenters. The monoisotopic (exact) mass is 250 g/mol. The number of likely N-dealkylation sites (N-methyl/N-ethyl adjacent to an activating group) is 1. The van der Waals surface area contributed by atoms with Gasteiger partial charge in [0.05, 0.1) is 18.8 Å². The van der Waals surface area contributed by atoms with Crippen LogP contribution < -0.4 is 0 Å². The van der Waals surface area contributed by atoms with E-state index in [4.69, 9.17) is 4.74 Å². The van der Waals surface area contributed by atoms with E-state index < -0.39 is 0 Å². The maximum atomic E-state index is 12.3. The van der Waals surface area contributed by atoms with E-state index in [2.05, 4.69) is 17.0 Å². The van der Waals surface area contributed by atoms with E-state index in [0.717, 1.165) is 19.7 Å². The van der Waals surface area contributed by atoms with Gasteiger partial charge in [0.15, 0.2) is 0 Å². The van der Waals surface area contributed by atoms with E-state index >= 15 is 0 Å². The number of nitrogens with zero attached hydrogens (tertiary/aromatic N) is 4. The van der Waals surface area contributed by atoms with Crippen molar-refractivity contribution < 1.29 is 9.53 Å². The van der Waals surface area contributed by atoms with E-state index in [1.165, 1.54) is 0 Å². The van der Waals surface area contributed by atoms with Crippen molar-refractivity contribution in [2.75, 3.05) is 33.3 Å². The number of carbonyl (C=O) groups is 1. The van der Waals surface area contributed by atoms with Crippen LogP contribution in [0.2, 0.25) is 0 Å². The van der Waals surface area contributed by atoms with Gasteiger partial charge >= 0.3 is 0 Å². The summed E-state index contributed by atoms with van der Waals surface area (Å²) < 4.78 is 7.38. The first-order valence-electron chi connectivity index (χ1n) is 6.26. The summed E-state index contributed by atoms with van der Waals surface area (Å²) in [4.78, 5) is 16.4. The lowest BCUT2D eigenvalue weighted by Crippen LogP contribution is -2.48. The fraction of sp³-hybridized carbons (Fsp3) is 0.667. The van der Waals surface area contributed by atoms with Gasteiger partial charge in [-0.05, 0) is 13.1 Å². The van der Waals surface area contributed by atoms with Crippen LogP contribution in [-0.2, 0) is 11.8 Å². The van der Waals surface area contributed by atoms with Crippen molar-refractivity contribution in [1.29, 1.82) is 0 Å². The topological polar surface area (TPSA) is 50.6 Å². The summed E-state index contributed by atoms with van der Waals surface area (Å²) in [5, 5.41) is 4.16. The summed E-state index contributed by atoms with van der Waals surface area (Å²) in [5.41, 5.74) is 0.513. The van der Waals surface area contributed by atoms with Crippen molar-refractivity contribution in [3.05, 3.63) is 18.0 Å². The zero-order valence-corrected chi connectivity index (χ0v) is 10.7. The summed E-state index contributed by atoms with van der Waals surface area (Å²) in [6, 6.07) is 2.08. The number of rotatable bonds is 1. The van der Waals surface area contributed by atoms with Crippen molar-refractivity contribution in [1.82, 2.24) is 19.6 Å². The molecule has 98 valence electrons. The van der Waals surface area contributed by atoms with E-state index in [1.807, 2.05) is 11.9 Å². The highest BCUT2D eigenvalue weighted by atomic mass is 16.5. The second-order valence-electron chi connectivity index (χ2n) is 5.04. The number of aromatic nitrogens is 2. The van der Waals surface area contributed by atoms with Crippen LogP contribution in [-0.4, -0.2) is 70.9 Å². The molecule has 6 heteroatoms. The van der Waals surface area contributed by atoms with Gasteiger partial charge in [-0.2, -0.15) is 5.10 Å². The number of amides is 1. The molecule has 1 aromatic rings. The number of ether oxygens (including phenoxy) is 1. The van der Waals surface area contributed by atoms with Crippen LogP contribution in [0.3, 0.4) is 0 Å². The molecule has 0 aliphatic carbocycles. The maximum absolute atomic E-state index is 12.3. The van der Waals surface area contributed by atoms with Crippen molar-refractivity contribution in [2.24, 2.45) is 7.05 Å². The minimum Gasteiger partial charge on any atom is -0.373 e. The molecule has 0 spiro atoms. The van der Waals surface area contributed by atoms with Gasteiger partial charge in [0.2, 0.25) is 0 Å². The SMILES string of the molecule is CN1CCO[C@H]2CN(C(=O)c3ccn(C)n3)C[C@H]21. The average molecular weight is 250 g/mol. The number of aryl methyl sites for hydroxylation is 1. The van der Waals surface area contributed by atoms with Gasteiger partial charge in [-0.3, -0.25) is 14.4 Å². The van der Waals surface area contributed by atoms with E-state index in [-0.39, 0.29) is 12.0 Å². The summed E-state index contributed by atoms with van der Waals surface area (Å²) >= 11 is 0. The van der Waals surface area contributed by atoms with Gasteiger partial charge in [0.25, 0.3) is 5.91 Å². The lowest BCUT2D eigenvalue weighted by Gasteiger charge is -2.33. The van der Waals surface area contributed by atoms with Crippen LogP contribution in [0.1, 0.15) is 10.5 Å². The molecular weight excluding hydrogens is 232 g/mol. The molecule has 2 fully saturated rings. The van der Waals surface area contributed by atoms with Gasteiger partial charge < -0.3 is 9.64 Å². The van der Waals surface area contributed by atoms with E-state index in [0.29, 0.717) is 18.3 Å². The van der Waals surface area contributed by atoms with Crippen LogP contribution in [0.15, 0.2) is 12.3 Å². The Hall–Kier alpha value is -1.40. The molecule has 0 N–H and O–H groups in total. The smallest absolute Gasteiger partial charge is 0.274 e. The minimum atomic E-state index is 0.00185. The molecule has 2 atom stereocenters. The molecule has 0 aromatic carbocycles. The molecule has 3 heterocycles. The van der Waals surface area contributed by atoms with Crippen LogP contribution in [0, 0.1) is 0 Å². The predicted molar refractivity (Wildman–Crippen MR) is 65.3 cm³/mol. The fourth-order valence-electron chi connectivity index (χ4n) is 2.71. The van der Waals surface area contributed by atoms with Gasteiger partial charge in [0.1, 0.15) is 5.69 Å². The first-order chi connectivity index (χ1) is 8.65. The second kappa shape index (κ2) is 4.37. The highest BCUT2D eigenvalue weighted by molar-refractivity contribution is 5.92. The highest BCUT2D eigenvalue weighted by Crippen LogP contribution is 2.22. The molecule has 1 aromatic heterocycles. The molecule has 18 heavy (non-hydrogen) atoms. The molecule has 6 nitrogen and oxygen atoms in total. The Bertz CT molecular complexity index is 459. The third kappa shape index (κ3) is 1.91. The first kappa shape index (κ1) is 11.7. The number of morpholine rings is 1. The van der Waals surface area contributed by atoms with Gasteiger partial charge in [-0.15, -0.1) is 0 Å². The van der Waals surface area contributed by atoms with Gasteiger partial charge in [-0.25, -0.2) is 0 Å². The molecular formula is C12H18N4O2. The van der Waals surface area contributed by atoms with Crippen LogP contribution in [0.25, 0.3) is 0 Å². The van der Waals surface area contributed by atoms with E-state index in [1.54, 1.807) is 16.9 Å². The number of hydrogen-bond acceptors (Lipinski definition) is 4. The van der Waals surface area contributed by atoms with E-state index in [9.17, 15) is 4.79 Å². The molecule has 2 aliphatic rings. The Morgan fingerprint density at radius 1 is 1.44 bits per heavy atom. The largest absolute Gasteiger partial charge is 0.373 e. The fourth-order valence-corrected chi connectivity index (χ4v) is 2.71. The predicted octanol–water partition coefficient (Wildman–Crippen LogP) is -0.425. The lowest BCUT2D eigenvalue weighted by molar-refractivity contribution is -0.0368.